The number of aliphatic carboxylic acids is 1. The number of carbonyl (C=O) groups is 3. The second-order valence-electron chi connectivity index (χ2n) is 6.95. The van der Waals surface area contributed by atoms with Gasteiger partial charge in [0.15, 0.2) is 0 Å². The molecule has 0 aliphatic heterocycles. The van der Waals surface area contributed by atoms with E-state index >= 15 is 0 Å². The maximum Gasteiger partial charge on any atom is 0.306 e. The van der Waals surface area contributed by atoms with Crippen LogP contribution in [0.15, 0.2) is 0 Å². The van der Waals surface area contributed by atoms with Crippen LogP contribution in [0.2, 0.25) is 0 Å². The van der Waals surface area contributed by atoms with Crippen molar-refractivity contribution in [2.24, 2.45) is 17.3 Å². The van der Waals surface area contributed by atoms with E-state index in [-0.39, 0.29) is 17.7 Å². The lowest BCUT2D eigenvalue weighted by atomic mass is 9.84. The van der Waals surface area contributed by atoms with Crippen molar-refractivity contribution < 1.29 is 19.5 Å². The van der Waals surface area contributed by atoms with Gasteiger partial charge >= 0.3 is 5.97 Å². The lowest BCUT2D eigenvalue weighted by Gasteiger charge is -2.31. The highest BCUT2D eigenvalue weighted by atomic mass is 16.4. The van der Waals surface area contributed by atoms with E-state index in [0.717, 1.165) is 25.7 Å². The standard InChI is InChI=1S/C16H26N2O4/c1-18(2)15(22)16(7-3-4-8-16)10-17-13(19)11-5-6-12(9-11)14(20)21/h11-12H,3-10H2,1-2H3,(H,17,19)(H,20,21)/t11-,12+/m1/s1. The van der Waals surface area contributed by atoms with Crippen LogP contribution in [0.4, 0.5) is 0 Å². The zero-order valence-corrected chi connectivity index (χ0v) is 13.4. The quantitative estimate of drug-likeness (QED) is 0.800. The molecule has 6 heteroatoms. The molecule has 2 aliphatic rings. The van der Waals surface area contributed by atoms with Gasteiger partial charge in [-0.2, -0.15) is 0 Å². The molecule has 22 heavy (non-hydrogen) atoms. The van der Waals surface area contributed by atoms with Crippen molar-refractivity contribution in [2.75, 3.05) is 20.6 Å². The fourth-order valence-electron chi connectivity index (χ4n) is 3.84. The average molecular weight is 310 g/mol. The number of amides is 2. The molecule has 0 aromatic heterocycles. The van der Waals surface area contributed by atoms with Crippen LogP contribution in [0, 0.1) is 17.3 Å². The van der Waals surface area contributed by atoms with Gasteiger partial charge in [0.25, 0.3) is 0 Å². The van der Waals surface area contributed by atoms with Crippen molar-refractivity contribution in [3.8, 4) is 0 Å². The van der Waals surface area contributed by atoms with Gasteiger partial charge in [0.1, 0.15) is 0 Å². The zero-order valence-electron chi connectivity index (χ0n) is 13.4. The Hall–Kier alpha value is -1.59. The fourth-order valence-corrected chi connectivity index (χ4v) is 3.84. The first-order valence-electron chi connectivity index (χ1n) is 8.08. The predicted molar refractivity (Wildman–Crippen MR) is 81.1 cm³/mol. The lowest BCUT2D eigenvalue weighted by Crippen LogP contribution is -2.47. The van der Waals surface area contributed by atoms with Crippen LogP contribution < -0.4 is 5.32 Å². The van der Waals surface area contributed by atoms with E-state index in [0.29, 0.717) is 25.8 Å². The Balaban J connectivity index is 1.92. The van der Waals surface area contributed by atoms with Crippen LogP contribution >= 0.6 is 0 Å². The topological polar surface area (TPSA) is 86.7 Å². The summed E-state index contributed by atoms with van der Waals surface area (Å²) in [7, 11) is 3.50. The van der Waals surface area contributed by atoms with Crippen molar-refractivity contribution in [1.82, 2.24) is 10.2 Å². The Bertz CT molecular complexity index is 455. The second-order valence-corrected chi connectivity index (χ2v) is 6.95. The smallest absolute Gasteiger partial charge is 0.306 e. The summed E-state index contributed by atoms with van der Waals surface area (Å²) in [5.74, 6) is -1.46. The Labute approximate surface area is 131 Å². The molecule has 0 heterocycles. The average Bonchev–Trinajstić information content (AvgIpc) is 3.13. The summed E-state index contributed by atoms with van der Waals surface area (Å²) >= 11 is 0. The molecule has 2 aliphatic carbocycles. The number of nitrogens with one attached hydrogen (secondary N) is 1. The number of hydrogen-bond acceptors (Lipinski definition) is 3. The SMILES string of the molecule is CN(C)C(=O)C1(CNC(=O)[C@@H]2CC[C@H](C(=O)O)C2)CCCC1. The van der Waals surface area contributed by atoms with Crippen molar-refractivity contribution in [2.45, 2.75) is 44.9 Å². The zero-order chi connectivity index (χ0) is 16.3. The Morgan fingerprint density at radius 1 is 1.14 bits per heavy atom. The molecule has 2 rings (SSSR count). The van der Waals surface area contributed by atoms with Gasteiger partial charge in [-0.05, 0) is 32.1 Å². The predicted octanol–water partition coefficient (Wildman–Crippen LogP) is 1.25. The summed E-state index contributed by atoms with van der Waals surface area (Å²) in [6.45, 7) is 0.372. The highest BCUT2D eigenvalue weighted by Gasteiger charge is 2.43. The van der Waals surface area contributed by atoms with Crippen LogP contribution in [0.1, 0.15) is 44.9 Å². The minimum absolute atomic E-state index is 0.0835. The van der Waals surface area contributed by atoms with E-state index in [2.05, 4.69) is 5.32 Å². The summed E-state index contributed by atoms with van der Waals surface area (Å²) in [6, 6.07) is 0. The minimum atomic E-state index is -0.814. The Kier molecular flexibility index (Phi) is 5.08. The van der Waals surface area contributed by atoms with Crippen LogP contribution in [-0.4, -0.2) is 48.4 Å². The highest BCUT2D eigenvalue weighted by Crippen LogP contribution is 2.39. The summed E-state index contributed by atoms with van der Waals surface area (Å²) in [6.07, 6.45) is 5.25. The maximum absolute atomic E-state index is 12.4. The number of carboxylic acid groups (broad SMARTS) is 1. The third kappa shape index (κ3) is 3.42. The fraction of sp³-hybridized carbons (Fsp3) is 0.812. The van der Waals surface area contributed by atoms with Gasteiger partial charge < -0.3 is 15.3 Å². The first-order chi connectivity index (χ1) is 10.4. The van der Waals surface area contributed by atoms with Crippen LogP contribution in [0.3, 0.4) is 0 Å². The largest absolute Gasteiger partial charge is 0.481 e. The monoisotopic (exact) mass is 310 g/mol. The van der Waals surface area contributed by atoms with Crippen molar-refractivity contribution in [3.63, 3.8) is 0 Å². The molecule has 124 valence electrons. The minimum Gasteiger partial charge on any atom is -0.481 e. The molecule has 2 N–H and O–H groups in total. The second kappa shape index (κ2) is 6.67. The van der Waals surface area contributed by atoms with E-state index in [1.165, 1.54) is 0 Å². The molecule has 0 saturated heterocycles. The molecule has 2 amide bonds. The van der Waals surface area contributed by atoms with Gasteiger partial charge in [0, 0.05) is 26.6 Å². The molecule has 0 unspecified atom stereocenters. The van der Waals surface area contributed by atoms with E-state index in [1.807, 2.05) is 0 Å². The van der Waals surface area contributed by atoms with Gasteiger partial charge in [0.2, 0.25) is 11.8 Å². The number of carboxylic acids is 1. The molecule has 0 spiro atoms. The molecule has 0 radical (unpaired) electrons. The van der Waals surface area contributed by atoms with E-state index in [4.69, 9.17) is 5.11 Å². The molecule has 0 aromatic rings. The van der Waals surface area contributed by atoms with Gasteiger partial charge in [-0.3, -0.25) is 14.4 Å². The first kappa shape index (κ1) is 16.8. The van der Waals surface area contributed by atoms with E-state index < -0.39 is 17.3 Å². The molecule has 2 saturated carbocycles. The number of nitrogens with zero attached hydrogens (tertiary/aromatic N) is 1. The Morgan fingerprint density at radius 2 is 1.73 bits per heavy atom. The van der Waals surface area contributed by atoms with E-state index in [1.54, 1.807) is 19.0 Å². The van der Waals surface area contributed by atoms with Crippen molar-refractivity contribution in [3.05, 3.63) is 0 Å². The first-order valence-corrected chi connectivity index (χ1v) is 8.08. The van der Waals surface area contributed by atoms with Crippen molar-refractivity contribution in [1.29, 1.82) is 0 Å². The molecule has 2 fully saturated rings. The van der Waals surface area contributed by atoms with Crippen LogP contribution in [0.25, 0.3) is 0 Å². The van der Waals surface area contributed by atoms with Crippen LogP contribution in [-0.2, 0) is 14.4 Å². The number of hydrogen-bond donors (Lipinski definition) is 2. The van der Waals surface area contributed by atoms with Gasteiger partial charge in [-0.25, -0.2) is 0 Å². The summed E-state index contributed by atoms with van der Waals surface area (Å²) in [4.78, 5) is 37.3. The number of carbonyl (C=O) groups excluding carboxylic acids is 2. The molecule has 2 atom stereocenters. The summed E-state index contributed by atoms with van der Waals surface area (Å²) < 4.78 is 0. The van der Waals surface area contributed by atoms with Gasteiger partial charge in [-0.1, -0.05) is 12.8 Å². The molecule has 0 aromatic carbocycles. The summed E-state index contributed by atoms with van der Waals surface area (Å²) in [5.41, 5.74) is -0.468. The lowest BCUT2D eigenvalue weighted by molar-refractivity contribution is -0.141. The molecular weight excluding hydrogens is 284 g/mol. The van der Waals surface area contributed by atoms with Crippen molar-refractivity contribution >= 4 is 17.8 Å². The maximum atomic E-state index is 12.4. The third-order valence-corrected chi connectivity index (χ3v) is 5.17. The highest BCUT2D eigenvalue weighted by molar-refractivity contribution is 5.85. The molecular formula is C16H26N2O4. The molecule has 0 bridgehead atoms. The van der Waals surface area contributed by atoms with E-state index in [9.17, 15) is 14.4 Å². The van der Waals surface area contributed by atoms with Gasteiger partial charge in [0.05, 0.1) is 11.3 Å². The molecule has 6 nitrogen and oxygen atoms in total. The normalized spacial score (nSPS) is 26.6. The van der Waals surface area contributed by atoms with Crippen LogP contribution in [0.5, 0.6) is 0 Å². The Morgan fingerprint density at radius 3 is 2.23 bits per heavy atom. The third-order valence-electron chi connectivity index (χ3n) is 5.17. The number of rotatable bonds is 5. The summed E-state index contributed by atoms with van der Waals surface area (Å²) in [5, 5.41) is 11.9. The van der Waals surface area contributed by atoms with Gasteiger partial charge in [-0.15, -0.1) is 0 Å².